The van der Waals surface area contributed by atoms with Crippen LogP contribution in [0.4, 0.5) is 0 Å². The third-order valence-corrected chi connectivity index (χ3v) is 2.60. The highest BCUT2D eigenvalue weighted by Gasteiger charge is 2.08. The Hall–Kier alpha value is -2.76. The summed E-state index contributed by atoms with van der Waals surface area (Å²) in [6.45, 7) is 0. The number of pyridine rings is 2. The van der Waals surface area contributed by atoms with Gasteiger partial charge in [-0.05, 0) is 24.3 Å². The van der Waals surface area contributed by atoms with Gasteiger partial charge in [-0.1, -0.05) is 0 Å². The topological polar surface area (TPSA) is 86.7 Å². The van der Waals surface area contributed by atoms with Crippen molar-refractivity contribution in [2.75, 3.05) is 0 Å². The van der Waals surface area contributed by atoms with Crippen LogP contribution in [-0.4, -0.2) is 25.4 Å². The summed E-state index contributed by atoms with van der Waals surface area (Å²) in [5, 5.41) is 0. The quantitative estimate of drug-likeness (QED) is 0.720. The Labute approximate surface area is 102 Å². The van der Waals surface area contributed by atoms with Gasteiger partial charge in [0.25, 0.3) is 0 Å². The first-order chi connectivity index (χ1) is 8.75. The molecule has 6 nitrogen and oxygen atoms in total. The van der Waals surface area contributed by atoms with Gasteiger partial charge in [-0.2, -0.15) is 0 Å². The van der Waals surface area contributed by atoms with Crippen molar-refractivity contribution in [2.24, 2.45) is 5.73 Å². The molecule has 18 heavy (non-hydrogen) atoms. The second-order valence-electron chi connectivity index (χ2n) is 3.73. The number of nitrogens with two attached hydrogens (primary N) is 1. The number of amides is 1. The molecule has 3 aromatic heterocycles. The molecule has 3 heterocycles. The molecule has 0 aromatic carbocycles. The molecular formula is C12H9N5O. The summed E-state index contributed by atoms with van der Waals surface area (Å²) < 4.78 is 1.76. The van der Waals surface area contributed by atoms with E-state index in [2.05, 4.69) is 15.0 Å². The van der Waals surface area contributed by atoms with E-state index in [1.807, 2.05) is 12.1 Å². The van der Waals surface area contributed by atoms with Crippen LogP contribution >= 0.6 is 0 Å². The molecule has 88 valence electrons. The van der Waals surface area contributed by atoms with Gasteiger partial charge in [0.1, 0.15) is 12.1 Å². The number of imidazole rings is 1. The van der Waals surface area contributed by atoms with Gasteiger partial charge in [-0.3, -0.25) is 9.36 Å². The molecule has 6 heteroatoms. The molecule has 3 rings (SSSR count). The van der Waals surface area contributed by atoms with E-state index in [0.29, 0.717) is 17.0 Å². The number of fused-ring (bicyclic) bond motifs is 1. The molecule has 0 aliphatic rings. The molecule has 0 spiro atoms. The van der Waals surface area contributed by atoms with E-state index in [-0.39, 0.29) is 0 Å². The van der Waals surface area contributed by atoms with Crippen molar-refractivity contribution in [1.29, 1.82) is 0 Å². The van der Waals surface area contributed by atoms with E-state index < -0.39 is 5.91 Å². The first-order valence-electron chi connectivity index (χ1n) is 5.30. The first kappa shape index (κ1) is 10.4. The molecule has 0 aliphatic heterocycles. The average Bonchev–Trinajstić information content (AvgIpc) is 2.82. The van der Waals surface area contributed by atoms with E-state index in [9.17, 15) is 4.79 Å². The summed E-state index contributed by atoms with van der Waals surface area (Å²) in [5.41, 5.74) is 7.11. The predicted molar refractivity (Wildman–Crippen MR) is 65.2 cm³/mol. The molecule has 2 N–H and O–H groups in total. The van der Waals surface area contributed by atoms with Gasteiger partial charge in [0.15, 0.2) is 5.65 Å². The van der Waals surface area contributed by atoms with Gasteiger partial charge < -0.3 is 5.73 Å². The summed E-state index contributed by atoms with van der Waals surface area (Å²) in [7, 11) is 0. The summed E-state index contributed by atoms with van der Waals surface area (Å²) in [5.74, 6) is 0.1000. The van der Waals surface area contributed by atoms with Gasteiger partial charge in [-0.25, -0.2) is 15.0 Å². The van der Waals surface area contributed by atoms with E-state index in [1.54, 1.807) is 29.2 Å². The molecular weight excluding hydrogens is 230 g/mol. The number of primary amides is 1. The number of rotatable bonds is 2. The fourth-order valence-electron chi connectivity index (χ4n) is 1.74. The Kier molecular flexibility index (Phi) is 2.26. The lowest BCUT2D eigenvalue weighted by molar-refractivity contribution is 0.1000. The van der Waals surface area contributed by atoms with E-state index in [1.165, 1.54) is 6.20 Å². The minimum absolute atomic E-state index is 0.408. The third kappa shape index (κ3) is 1.60. The van der Waals surface area contributed by atoms with Gasteiger partial charge in [0, 0.05) is 18.0 Å². The van der Waals surface area contributed by atoms with Crippen LogP contribution in [0, 0.1) is 0 Å². The zero-order valence-electron chi connectivity index (χ0n) is 9.32. The molecule has 1 amide bonds. The minimum atomic E-state index is -0.485. The Morgan fingerprint density at radius 1 is 1.17 bits per heavy atom. The third-order valence-electron chi connectivity index (χ3n) is 2.60. The van der Waals surface area contributed by atoms with Crippen LogP contribution in [0.3, 0.4) is 0 Å². The molecule has 0 unspecified atom stereocenters. The Morgan fingerprint density at radius 2 is 2.06 bits per heavy atom. The summed E-state index contributed by atoms with van der Waals surface area (Å²) in [6, 6.07) is 6.89. The fraction of sp³-hybridized carbons (Fsp3) is 0. The number of hydrogen-bond donors (Lipinski definition) is 1. The number of carbonyl (C=O) groups is 1. The van der Waals surface area contributed by atoms with E-state index in [0.717, 1.165) is 5.52 Å². The summed E-state index contributed by atoms with van der Waals surface area (Å²) in [4.78, 5) is 23.6. The zero-order valence-corrected chi connectivity index (χ0v) is 9.32. The second-order valence-corrected chi connectivity index (χ2v) is 3.73. The minimum Gasteiger partial charge on any atom is -0.366 e. The van der Waals surface area contributed by atoms with E-state index in [4.69, 9.17) is 5.73 Å². The van der Waals surface area contributed by atoms with Crippen LogP contribution in [0.25, 0.3) is 17.0 Å². The maximum atomic E-state index is 11.1. The van der Waals surface area contributed by atoms with Gasteiger partial charge in [0.2, 0.25) is 5.91 Å². The highest BCUT2D eigenvalue weighted by atomic mass is 16.1. The molecule has 0 aliphatic carbocycles. The SMILES string of the molecule is NC(=O)c1ccnc(-n2cnc3ncccc32)c1. The van der Waals surface area contributed by atoms with Crippen LogP contribution in [-0.2, 0) is 0 Å². The fourth-order valence-corrected chi connectivity index (χ4v) is 1.74. The van der Waals surface area contributed by atoms with Crippen LogP contribution in [0.15, 0.2) is 43.0 Å². The lowest BCUT2D eigenvalue weighted by atomic mass is 10.2. The predicted octanol–water partition coefficient (Wildman–Crippen LogP) is 0.914. The standard InChI is InChI=1S/C12H9N5O/c13-11(18)8-3-5-14-10(6-8)17-7-16-12-9(17)2-1-4-15-12/h1-7H,(H2,13,18). The first-order valence-corrected chi connectivity index (χ1v) is 5.30. The molecule has 0 atom stereocenters. The van der Waals surface area contributed by atoms with Crippen molar-refractivity contribution in [1.82, 2.24) is 19.5 Å². The average molecular weight is 239 g/mol. The lowest BCUT2D eigenvalue weighted by Crippen LogP contribution is -2.11. The molecule has 0 saturated carbocycles. The maximum absolute atomic E-state index is 11.1. The second kappa shape index (κ2) is 3.92. The van der Waals surface area contributed by atoms with Crippen LogP contribution < -0.4 is 5.73 Å². The summed E-state index contributed by atoms with van der Waals surface area (Å²) in [6.07, 6.45) is 4.83. The highest BCUT2D eigenvalue weighted by molar-refractivity contribution is 5.93. The molecule has 0 saturated heterocycles. The van der Waals surface area contributed by atoms with Crippen molar-refractivity contribution in [3.05, 3.63) is 48.5 Å². The smallest absolute Gasteiger partial charge is 0.248 e. The highest BCUT2D eigenvalue weighted by Crippen LogP contribution is 2.15. The largest absolute Gasteiger partial charge is 0.366 e. The van der Waals surface area contributed by atoms with Crippen molar-refractivity contribution >= 4 is 17.1 Å². The maximum Gasteiger partial charge on any atom is 0.248 e. The van der Waals surface area contributed by atoms with E-state index >= 15 is 0 Å². The Balaban J connectivity index is 2.20. The zero-order chi connectivity index (χ0) is 12.5. The van der Waals surface area contributed by atoms with Crippen molar-refractivity contribution in [2.45, 2.75) is 0 Å². The van der Waals surface area contributed by atoms with Crippen molar-refractivity contribution in [3.63, 3.8) is 0 Å². The Morgan fingerprint density at radius 3 is 2.89 bits per heavy atom. The van der Waals surface area contributed by atoms with Gasteiger partial charge in [-0.15, -0.1) is 0 Å². The number of hydrogen-bond acceptors (Lipinski definition) is 4. The number of carbonyl (C=O) groups excluding carboxylic acids is 1. The van der Waals surface area contributed by atoms with Crippen LogP contribution in [0.1, 0.15) is 10.4 Å². The van der Waals surface area contributed by atoms with Crippen LogP contribution in [0.2, 0.25) is 0 Å². The van der Waals surface area contributed by atoms with Gasteiger partial charge >= 0.3 is 0 Å². The lowest BCUT2D eigenvalue weighted by Gasteiger charge is -2.03. The number of aromatic nitrogens is 4. The number of nitrogens with zero attached hydrogens (tertiary/aromatic N) is 4. The van der Waals surface area contributed by atoms with Crippen molar-refractivity contribution in [3.8, 4) is 5.82 Å². The monoisotopic (exact) mass is 239 g/mol. The molecule has 0 fully saturated rings. The normalized spacial score (nSPS) is 10.7. The van der Waals surface area contributed by atoms with Gasteiger partial charge in [0.05, 0.1) is 5.52 Å². The van der Waals surface area contributed by atoms with Crippen molar-refractivity contribution < 1.29 is 4.79 Å². The summed E-state index contributed by atoms with van der Waals surface area (Å²) >= 11 is 0. The molecule has 0 bridgehead atoms. The Bertz CT molecular complexity index is 734. The molecule has 0 radical (unpaired) electrons. The van der Waals surface area contributed by atoms with Crippen LogP contribution in [0.5, 0.6) is 0 Å². The molecule has 3 aromatic rings.